The smallest absolute Gasteiger partial charge is 0.243 e. The van der Waals surface area contributed by atoms with E-state index in [0.29, 0.717) is 13.2 Å². The molecule has 3 heterocycles. The van der Waals surface area contributed by atoms with Crippen LogP contribution in [0.2, 0.25) is 0 Å². The van der Waals surface area contributed by atoms with Gasteiger partial charge in [0.2, 0.25) is 5.91 Å². The molecule has 2 aliphatic heterocycles. The van der Waals surface area contributed by atoms with Crippen molar-refractivity contribution in [1.29, 1.82) is 0 Å². The lowest BCUT2D eigenvalue weighted by molar-refractivity contribution is -0.122. The van der Waals surface area contributed by atoms with Crippen LogP contribution in [0.5, 0.6) is 0 Å². The third-order valence-corrected chi connectivity index (χ3v) is 7.03. The predicted octanol–water partition coefficient (Wildman–Crippen LogP) is 4.04. The van der Waals surface area contributed by atoms with Gasteiger partial charge in [-0.1, -0.05) is 42.8 Å². The molecule has 6 rings (SSSR count). The summed E-state index contributed by atoms with van der Waals surface area (Å²) in [4.78, 5) is 16.0. The summed E-state index contributed by atoms with van der Waals surface area (Å²) in [5.74, 6) is 0.170. The molecule has 0 N–H and O–H groups in total. The van der Waals surface area contributed by atoms with Gasteiger partial charge >= 0.3 is 0 Å². The summed E-state index contributed by atoms with van der Waals surface area (Å²) < 4.78 is 7.25. The average molecular weight is 399 g/mol. The van der Waals surface area contributed by atoms with Crippen molar-refractivity contribution in [2.75, 3.05) is 18.1 Å². The second-order valence-electron chi connectivity index (χ2n) is 8.92. The predicted molar refractivity (Wildman–Crippen MR) is 115 cm³/mol. The van der Waals surface area contributed by atoms with E-state index in [-0.39, 0.29) is 11.9 Å². The molecule has 1 saturated heterocycles. The summed E-state index contributed by atoms with van der Waals surface area (Å²) in [6.07, 6.45) is 6.30. The summed E-state index contributed by atoms with van der Waals surface area (Å²) in [5.41, 5.74) is 7.60. The van der Waals surface area contributed by atoms with Crippen LogP contribution in [-0.2, 0) is 34.2 Å². The van der Waals surface area contributed by atoms with E-state index in [1.54, 1.807) is 0 Å². The van der Waals surface area contributed by atoms with Crippen molar-refractivity contribution in [2.24, 2.45) is 0 Å². The molecule has 1 spiro atoms. The molecule has 1 unspecified atom stereocenters. The first-order chi connectivity index (χ1) is 14.6. The molecule has 1 fully saturated rings. The Kier molecular flexibility index (Phi) is 3.75. The van der Waals surface area contributed by atoms with Crippen LogP contribution in [0, 0.1) is 6.92 Å². The Morgan fingerprint density at radius 2 is 1.97 bits per heavy atom. The molecule has 1 atom stereocenters. The summed E-state index contributed by atoms with van der Waals surface area (Å²) in [5, 5.41) is 4.54. The molecule has 0 saturated carbocycles. The van der Waals surface area contributed by atoms with Crippen molar-refractivity contribution >= 4 is 17.3 Å². The van der Waals surface area contributed by atoms with Crippen LogP contribution in [0.15, 0.2) is 48.8 Å². The fourth-order valence-electron chi connectivity index (χ4n) is 5.25. The Morgan fingerprint density at radius 3 is 2.73 bits per heavy atom. The van der Waals surface area contributed by atoms with Crippen molar-refractivity contribution < 1.29 is 9.53 Å². The summed E-state index contributed by atoms with van der Waals surface area (Å²) in [6.45, 7) is 5.64. The lowest BCUT2D eigenvalue weighted by Crippen LogP contribution is -2.39. The topological polar surface area (TPSA) is 47.4 Å². The molecule has 30 heavy (non-hydrogen) atoms. The van der Waals surface area contributed by atoms with Crippen molar-refractivity contribution in [1.82, 2.24) is 9.78 Å². The number of hydrogen-bond donors (Lipinski definition) is 0. The number of amides is 1. The van der Waals surface area contributed by atoms with Crippen molar-refractivity contribution in [3.05, 3.63) is 76.6 Å². The van der Waals surface area contributed by atoms with Crippen LogP contribution in [0.25, 0.3) is 0 Å². The lowest BCUT2D eigenvalue weighted by atomic mass is 9.78. The third kappa shape index (κ3) is 2.39. The zero-order valence-electron chi connectivity index (χ0n) is 17.4. The second kappa shape index (κ2) is 6.29. The minimum Gasteiger partial charge on any atom is -0.377 e. The number of ether oxygens (including phenoxy) is 1. The van der Waals surface area contributed by atoms with Gasteiger partial charge in [0.25, 0.3) is 0 Å². The first-order valence-corrected chi connectivity index (χ1v) is 10.8. The van der Waals surface area contributed by atoms with Gasteiger partial charge in [-0.3, -0.25) is 14.4 Å². The van der Waals surface area contributed by atoms with Crippen LogP contribution in [-0.4, -0.2) is 28.9 Å². The van der Waals surface area contributed by atoms with E-state index < -0.39 is 5.41 Å². The normalized spacial score (nSPS) is 22.5. The van der Waals surface area contributed by atoms with Gasteiger partial charge in [0.15, 0.2) is 0 Å². The molecule has 0 radical (unpaired) electrons. The SMILES string of the molecule is CCc1ccc2c(c1)N(c1cnn(C3COC3)c1)C(=O)C21Cc2ccc(C)cc2C1. The summed E-state index contributed by atoms with van der Waals surface area (Å²) in [7, 11) is 0. The minimum atomic E-state index is -0.514. The highest BCUT2D eigenvalue weighted by Crippen LogP contribution is 2.52. The largest absolute Gasteiger partial charge is 0.377 e. The quantitative estimate of drug-likeness (QED) is 0.668. The van der Waals surface area contributed by atoms with E-state index in [1.165, 1.54) is 22.3 Å². The number of aromatic nitrogens is 2. The number of benzene rings is 2. The molecule has 3 aromatic rings. The first-order valence-electron chi connectivity index (χ1n) is 10.8. The van der Waals surface area contributed by atoms with Crippen molar-refractivity contribution in [3.63, 3.8) is 0 Å². The van der Waals surface area contributed by atoms with Gasteiger partial charge < -0.3 is 4.74 Å². The second-order valence-corrected chi connectivity index (χ2v) is 8.92. The van der Waals surface area contributed by atoms with E-state index in [0.717, 1.165) is 36.2 Å². The van der Waals surface area contributed by atoms with Crippen molar-refractivity contribution in [3.8, 4) is 0 Å². The van der Waals surface area contributed by atoms with E-state index in [4.69, 9.17) is 4.74 Å². The standard InChI is InChI=1S/C25H25N3O2/c1-3-17-5-7-22-23(9-17)28(20-12-26-27(13-20)21-14-30-15-21)24(29)25(22)10-18-6-4-16(2)8-19(18)11-25/h4-9,12-13,21H,3,10-11,14-15H2,1-2H3. The Bertz CT molecular complexity index is 1180. The minimum absolute atomic E-state index is 0.170. The Balaban J connectivity index is 1.48. The van der Waals surface area contributed by atoms with Crippen LogP contribution in [0.3, 0.4) is 0 Å². The summed E-state index contributed by atoms with van der Waals surface area (Å²) >= 11 is 0. The number of rotatable bonds is 3. The molecule has 0 bridgehead atoms. The average Bonchev–Trinajstić information content (AvgIpc) is 3.37. The van der Waals surface area contributed by atoms with E-state index in [1.807, 2.05) is 22.0 Å². The Morgan fingerprint density at radius 1 is 1.13 bits per heavy atom. The zero-order valence-corrected chi connectivity index (χ0v) is 17.4. The molecule has 5 heteroatoms. The first kappa shape index (κ1) is 17.9. The molecule has 1 amide bonds. The maximum Gasteiger partial charge on any atom is 0.243 e. The number of fused-ring (bicyclic) bond motifs is 3. The van der Waals surface area contributed by atoms with Gasteiger partial charge in [-0.2, -0.15) is 5.10 Å². The Labute approximate surface area is 176 Å². The monoisotopic (exact) mass is 399 g/mol. The van der Waals surface area contributed by atoms with Gasteiger partial charge in [-0.25, -0.2) is 0 Å². The lowest BCUT2D eigenvalue weighted by Gasteiger charge is -2.26. The molecule has 1 aromatic heterocycles. The Hall–Kier alpha value is -2.92. The number of hydrogen-bond acceptors (Lipinski definition) is 3. The maximum atomic E-state index is 14.1. The number of carbonyl (C=O) groups excluding carboxylic acids is 1. The highest BCUT2D eigenvalue weighted by molar-refractivity contribution is 6.13. The van der Waals surface area contributed by atoms with Crippen LogP contribution >= 0.6 is 0 Å². The third-order valence-electron chi connectivity index (χ3n) is 7.03. The number of nitrogens with zero attached hydrogens (tertiary/aromatic N) is 3. The molecule has 1 aliphatic carbocycles. The van der Waals surface area contributed by atoms with Crippen LogP contribution in [0.1, 0.15) is 40.8 Å². The van der Waals surface area contributed by atoms with Gasteiger partial charge in [-0.15, -0.1) is 0 Å². The van der Waals surface area contributed by atoms with Crippen LogP contribution < -0.4 is 4.90 Å². The maximum absolute atomic E-state index is 14.1. The van der Waals surface area contributed by atoms with Gasteiger partial charge in [0.1, 0.15) is 0 Å². The number of aryl methyl sites for hydroxylation is 2. The molecular weight excluding hydrogens is 374 g/mol. The number of carbonyl (C=O) groups is 1. The van der Waals surface area contributed by atoms with E-state index in [9.17, 15) is 4.79 Å². The van der Waals surface area contributed by atoms with E-state index >= 15 is 0 Å². The molecule has 3 aliphatic rings. The van der Waals surface area contributed by atoms with Crippen molar-refractivity contribution in [2.45, 2.75) is 44.6 Å². The van der Waals surface area contributed by atoms with Gasteiger partial charge in [0, 0.05) is 6.20 Å². The zero-order chi connectivity index (χ0) is 20.5. The highest BCUT2D eigenvalue weighted by Gasteiger charge is 2.54. The van der Waals surface area contributed by atoms with Gasteiger partial charge in [0.05, 0.1) is 42.2 Å². The van der Waals surface area contributed by atoms with E-state index in [2.05, 4.69) is 55.3 Å². The fraction of sp³-hybridized carbons (Fsp3) is 0.360. The molecule has 5 nitrogen and oxygen atoms in total. The molecule has 2 aromatic carbocycles. The number of anilines is 2. The van der Waals surface area contributed by atoms with Gasteiger partial charge in [-0.05, 0) is 54.5 Å². The molecular formula is C25H25N3O2. The fourth-order valence-corrected chi connectivity index (χ4v) is 5.25. The van der Waals surface area contributed by atoms with Crippen LogP contribution in [0.4, 0.5) is 11.4 Å². The highest BCUT2D eigenvalue weighted by atomic mass is 16.5. The molecule has 152 valence electrons. The summed E-state index contributed by atoms with van der Waals surface area (Å²) in [6, 6.07) is 13.4.